The van der Waals surface area contributed by atoms with Crippen LogP contribution in [0.3, 0.4) is 0 Å². The van der Waals surface area contributed by atoms with Crippen LogP contribution in [-0.4, -0.2) is 22.8 Å². The van der Waals surface area contributed by atoms with Crippen molar-refractivity contribution in [2.24, 2.45) is 0 Å². The van der Waals surface area contributed by atoms with E-state index in [-0.39, 0.29) is 6.42 Å². The highest BCUT2D eigenvalue weighted by molar-refractivity contribution is 6.31. The Kier molecular flexibility index (Phi) is 5.46. The van der Waals surface area contributed by atoms with Gasteiger partial charge in [-0.25, -0.2) is 4.79 Å². The van der Waals surface area contributed by atoms with Gasteiger partial charge in [-0.3, -0.25) is 10.1 Å². The van der Waals surface area contributed by atoms with Crippen molar-refractivity contribution in [1.82, 2.24) is 0 Å². The lowest BCUT2D eigenvalue weighted by Crippen LogP contribution is -2.27. The molecule has 6 heteroatoms. The standard InChI is InChI=1S/C16H22ClNO4/c1-15(2,3)22-14(21)18-10-6-7-11(12(17)8-10)16(4,5)9-13(19)20/h6-8H,9H2,1-5H3,(H,18,21)(H,19,20). The molecule has 1 aromatic carbocycles. The fraction of sp³-hybridized carbons (Fsp3) is 0.500. The van der Waals surface area contributed by atoms with Gasteiger partial charge >= 0.3 is 12.1 Å². The molecule has 0 saturated heterocycles. The van der Waals surface area contributed by atoms with Gasteiger partial charge in [0.25, 0.3) is 0 Å². The number of hydrogen-bond acceptors (Lipinski definition) is 3. The Morgan fingerprint density at radius 2 is 1.82 bits per heavy atom. The molecule has 1 amide bonds. The Morgan fingerprint density at radius 1 is 1.23 bits per heavy atom. The van der Waals surface area contributed by atoms with E-state index in [1.54, 1.807) is 39.0 Å². The fourth-order valence-corrected chi connectivity index (χ4v) is 2.47. The number of rotatable bonds is 4. The van der Waals surface area contributed by atoms with Gasteiger partial charge in [-0.05, 0) is 38.5 Å². The van der Waals surface area contributed by atoms with Gasteiger partial charge in [0.2, 0.25) is 0 Å². The van der Waals surface area contributed by atoms with E-state index in [0.717, 1.165) is 0 Å². The molecule has 0 spiro atoms. The van der Waals surface area contributed by atoms with Crippen molar-refractivity contribution < 1.29 is 19.4 Å². The van der Waals surface area contributed by atoms with E-state index in [2.05, 4.69) is 5.32 Å². The number of hydrogen-bond donors (Lipinski definition) is 2. The first-order valence-electron chi connectivity index (χ1n) is 6.92. The molecule has 0 aliphatic heterocycles. The maximum Gasteiger partial charge on any atom is 0.412 e. The highest BCUT2D eigenvalue weighted by Crippen LogP contribution is 2.34. The number of ether oxygens (including phenoxy) is 1. The zero-order valence-electron chi connectivity index (χ0n) is 13.5. The van der Waals surface area contributed by atoms with Crippen molar-refractivity contribution >= 4 is 29.4 Å². The van der Waals surface area contributed by atoms with Gasteiger partial charge in [-0.2, -0.15) is 0 Å². The second-order valence-electron chi connectivity index (χ2n) is 6.78. The summed E-state index contributed by atoms with van der Waals surface area (Å²) in [5.41, 5.74) is 0.0189. The molecule has 5 nitrogen and oxygen atoms in total. The molecular formula is C16H22ClNO4. The van der Waals surface area contributed by atoms with E-state index in [0.29, 0.717) is 16.3 Å². The number of halogens is 1. The van der Waals surface area contributed by atoms with Crippen LogP contribution in [0.5, 0.6) is 0 Å². The normalized spacial score (nSPS) is 11.9. The average molecular weight is 328 g/mol. The molecule has 1 aromatic rings. The predicted molar refractivity (Wildman–Crippen MR) is 86.6 cm³/mol. The summed E-state index contributed by atoms with van der Waals surface area (Å²) >= 11 is 6.23. The van der Waals surface area contributed by atoms with Crippen molar-refractivity contribution in [3.8, 4) is 0 Å². The van der Waals surface area contributed by atoms with E-state index in [9.17, 15) is 9.59 Å². The third-order valence-corrected chi connectivity index (χ3v) is 3.25. The molecule has 0 aliphatic carbocycles. The molecule has 0 aromatic heterocycles. The number of benzene rings is 1. The minimum absolute atomic E-state index is 0.0361. The second kappa shape index (κ2) is 6.57. The van der Waals surface area contributed by atoms with Crippen LogP contribution >= 0.6 is 11.6 Å². The first-order chi connectivity index (χ1) is 9.90. The van der Waals surface area contributed by atoms with Gasteiger partial charge in [0.15, 0.2) is 0 Å². The van der Waals surface area contributed by atoms with Crippen LogP contribution < -0.4 is 5.32 Å². The zero-order valence-corrected chi connectivity index (χ0v) is 14.2. The van der Waals surface area contributed by atoms with Crippen LogP contribution in [0.1, 0.15) is 46.6 Å². The lowest BCUT2D eigenvalue weighted by Gasteiger charge is -2.25. The number of anilines is 1. The van der Waals surface area contributed by atoms with Crippen LogP contribution in [0.25, 0.3) is 0 Å². The largest absolute Gasteiger partial charge is 0.481 e. The smallest absolute Gasteiger partial charge is 0.412 e. The minimum Gasteiger partial charge on any atom is -0.481 e. The Labute approximate surface area is 135 Å². The highest BCUT2D eigenvalue weighted by atomic mass is 35.5. The molecule has 0 bridgehead atoms. The summed E-state index contributed by atoms with van der Waals surface area (Å²) in [7, 11) is 0. The summed E-state index contributed by atoms with van der Waals surface area (Å²) in [5.74, 6) is -0.892. The van der Waals surface area contributed by atoms with E-state index in [4.69, 9.17) is 21.4 Å². The first-order valence-corrected chi connectivity index (χ1v) is 7.30. The SMILES string of the molecule is CC(C)(C)OC(=O)Nc1ccc(C(C)(C)CC(=O)O)c(Cl)c1. The van der Waals surface area contributed by atoms with Gasteiger partial charge in [-0.1, -0.05) is 31.5 Å². The average Bonchev–Trinajstić information content (AvgIpc) is 2.23. The van der Waals surface area contributed by atoms with Gasteiger partial charge in [0.1, 0.15) is 5.60 Å². The molecule has 1 rings (SSSR count). The molecule has 0 unspecified atom stereocenters. The van der Waals surface area contributed by atoms with Gasteiger partial charge < -0.3 is 9.84 Å². The lowest BCUT2D eigenvalue weighted by atomic mass is 9.81. The molecule has 0 radical (unpaired) electrons. The molecule has 2 N–H and O–H groups in total. The second-order valence-corrected chi connectivity index (χ2v) is 7.18. The number of nitrogens with one attached hydrogen (secondary N) is 1. The summed E-state index contributed by atoms with van der Waals surface area (Å²) in [5, 5.41) is 12.0. The third-order valence-electron chi connectivity index (χ3n) is 2.94. The Bertz CT molecular complexity index is 576. The fourth-order valence-electron chi connectivity index (χ4n) is 2.04. The maximum absolute atomic E-state index is 11.7. The van der Waals surface area contributed by atoms with E-state index < -0.39 is 23.1 Å². The molecular weight excluding hydrogens is 306 g/mol. The summed E-state index contributed by atoms with van der Waals surface area (Å²) in [6.45, 7) is 8.94. The van der Waals surface area contributed by atoms with Crippen molar-refractivity contribution in [2.45, 2.75) is 52.1 Å². The molecule has 0 heterocycles. The van der Waals surface area contributed by atoms with Crippen LogP contribution in [0.15, 0.2) is 18.2 Å². The zero-order chi connectivity index (χ0) is 17.1. The van der Waals surface area contributed by atoms with Crippen LogP contribution in [-0.2, 0) is 14.9 Å². The molecule has 0 aliphatic rings. The molecule has 122 valence electrons. The molecule has 0 fully saturated rings. The molecule has 22 heavy (non-hydrogen) atoms. The Hall–Kier alpha value is -1.75. The molecule has 0 saturated carbocycles. The summed E-state index contributed by atoms with van der Waals surface area (Å²) < 4.78 is 5.16. The minimum atomic E-state index is -0.892. The van der Waals surface area contributed by atoms with E-state index in [1.165, 1.54) is 0 Å². The number of carbonyl (C=O) groups excluding carboxylic acids is 1. The van der Waals surface area contributed by atoms with Crippen LogP contribution in [0, 0.1) is 0 Å². The van der Waals surface area contributed by atoms with Gasteiger partial charge in [-0.15, -0.1) is 0 Å². The number of carboxylic acids is 1. The number of carboxylic acid groups (broad SMARTS) is 1. The van der Waals surface area contributed by atoms with Crippen molar-refractivity contribution in [3.05, 3.63) is 28.8 Å². The number of amides is 1. The van der Waals surface area contributed by atoms with Crippen molar-refractivity contribution in [2.75, 3.05) is 5.32 Å². The topological polar surface area (TPSA) is 75.6 Å². The van der Waals surface area contributed by atoms with E-state index >= 15 is 0 Å². The number of aliphatic carboxylic acids is 1. The summed E-state index contributed by atoms with van der Waals surface area (Å²) in [6, 6.07) is 4.98. The van der Waals surface area contributed by atoms with Crippen molar-refractivity contribution in [3.63, 3.8) is 0 Å². The van der Waals surface area contributed by atoms with Crippen molar-refractivity contribution in [1.29, 1.82) is 0 Å². The van der Waals surface area contributed by atoms with Gasteiger partial charge in [0, 0.05) is 16.1 Å². The van der Waals surface area contributed by atoms with Crippen LogP contribution in [0.2, 0.25) is 5.02 Å². The Morgan fingerprint density at radius 3 is 2.27 bits per heavy atom. The van der Waals surface area contributed by atoms with Crippen LogP contribution in [0.4, 0.5) is 10.5 Å². The molecule has 0 atom stereocenters. The highest BCUT2D eigenvalue weighted by Gasteiger charge is 2.26. The maximum atomic E-state index is 11.7. The lowest BCUT2D eigenvalue weighted by molar-refractivity contribution is -0.138. The summed E-state index contributed by atoms with van der Waals surface area (Å²) in [6.07, 6.45) is -0.605. The quantitative estimate of drug-likeness (QED) is 0.857. The summed E-state index contributed by atoms with van der Waals surface area (Å²) in [4.78, 5) is 22.6. The first kappa shape index (κ1) is 18.3. The van der Waals surface area contributed by atoms with Gasteiger partial charge in [0.05, 0.1) is 6.42 Å². The Balaban J connectivity index is 2.90. The monoisotopic (exact) mass is 327 g/mol. The number of carbonyl (C=O) groups is 2. The van der Waals surface area contributed by atoms with E-state index in [1.807, 2.05) is 13.8 Å². The third kappa shape index (κ3) is 5.56. The predicted octanol–water partition coefficient (Wildman–Crippen LogP) is 4.44.